The molecule has 24 heavy (non-hydrogen) atoms. The summed E-state index contributed by atoms with van der Waals surface area (Å²) in [5.74, 6) is 0. The summed E-state index contributed by atoms with van der Waals surface area (Å²) >= 11 is 5.32. The van der Waals surface area contributed by atoms with Gasteiger partial charge in [0.2, 0.25) is 0 Å². The molecule has 0 saturated heterocycles. The Kier molecular flexibility index (Phi) is 4.35. The van der Waals surface area contributed by atoms with Gasteiger partial charge in [0.1, 0.15) is 5.58 Å². The first-order valence-electron chi connectivity index (χ1n) is 7.51. The molecule has 0 amide bonds. The molecule has 0 fully saturated rings. The van der Waals surface area contributed by atoms with Crippen LogP contribution in [-0.2, 0) is 13.6 Å². The van der Waals surface area contributed by atoms with Gasteiger partial charge in [-0.2, -0.15) is 5.10 Å². The van der Waals surface area contributed by atoms with Gasteiger partial charge >= 0.3 is 5.63 Å². The van der Waals surface area contributed by atoms with E-state index in [1.54, 1.807) is 6.07 Å². The van der Waals surface area contributed by atoms with E-state index in [1.807, 2.05) is 43.9 Å². The first-order chi connectivity index (χ1) is 11.4. The van der Waals surface area contributed by atoms with Gasteiger partial charge in [0.25, 0.3) is 0 Å². The second-order valence-electron chi connectivity index (χ2n) is 5.65. The molecule has 2 heterocycles. The fourth-order valence-electron chi connectivity index (χ4n) is 2.47. The highest BCUT2D eigenvalue weighted by Crippen LogP contribution is 2.20. The van der Waals surface area contributed by atoms with Crippen LogP contribution in [0, 0.1) is 13.8 Å². The third-order valence-electron chi connectivity index (χ3n) is 3.99. The molecule has 0 bridgehead atoms. The summed E-state index contributed by atoms with van der Waals surface area (Å²) in [6.45, 7) is 4.48. The Balaban J connectivity index is 1.71. The van der Waals surface area contributed by atoms with Crippen molar-refractivity contribution in [1.29, 1.82) is 0 Å². The maximum atomic E-state index is 11.5. The minimum atomic E-state index is -0.357. The van der Waals surface area contributed by atoms with Crippen LogP contribution in [-0.4, -0.2) is 14.9 Å². The van der Waals surface area contributed by atoms with Crippen molar-refractivity contribution in [3.8, 4) is 0 Å². The Morgan fingerprint density at radius 1 is 1.33 bits per heavy atom. The second-order valence-corrected chi connectivity index (χ2v) is 6.05. The zero-order valence-corrected chi connectivity index (χ0v) is 14.5. The summed E-state index contributed by atoms with van der Waals surface area (Å²) in [4.78, 5) is 11.5. The minimum Gasteiger partial charge on any atom is -0.423 e. The number of aryl methyl sites for hydroxylation is 2. The van der Waals surface area contributed by atoms with Crippen LogP contribution in [0.2, 0.25) is 0 Å². The molecular weight excluding hydrogens is 324 g/mol. The number of thiocarbonyl (C=S) groups is 1. The van der Waals surface area contributed by atoms with E-state index in [9.17, 15) is 4.79 Å². The van der Waals surface area contributed by atoms with Crippen LogP contribution in [0.1, 0.15) is 16.8 Å². The van der Waals surface area contributed by atoms with Crippen molar-refractivity contribution in [1.82, 2.24) is 15.1 Å². The van der Waals surface area contributed by atoms with Crippen LogP contribution < -0.4 is 16.3 Å². The average Bonchev–Trinajstić information content (AvgIpc) is 2.84. The van der Waals surface area contributed by atoms with Gasteiger partial charge in [-0.05, 0) is 43.8 Å². The third kappa shape index (κ3) is 3.30. The molecule has 0 aliphatic rings. The molecule has 2 aromatic heterocycles. The lowest BCUT2D eigenvalue weighted by molar-refractivity contribution is 0.560. The van der Waals surface area contributed by atoms with Gasteiger partial charge in [0, 0.05) is 48.1 Å². The van der Waals surface area contributed by atoms with E-state index in [1.165, 1.54) is 6.07 Å². The zero-order chi connectivity index (χ0) is 17.3. The standard InChI is InChI=1S/C17H18N4O2S/c1-10-6-16(22)23-15-7-13(4-5-14(10)15)20-17(24)18-8-12-9-19-21(3)11(12)2/h4-7,9H,8H2,1-3H3,(H2,18,20,24). The molecule has 0 atom stereocenters. The molecule has 0 radical (unpaired) electrons. The number of fused-ring (bicyclic) bond motifs is 1. The highest BCUT2D eigenvalue weighted by molar-refractivity contribution is 7.80. The Hall–Kier alpha value is -2.67. The Bertz CT molecular complexity index is 974. The molecule has 1 aromatic carbocycles. The number of nitrogens with zero attached hydrogens (tertiary/aromatic N) is 2. The number of aromatic nitrogens is 2. The van der Waals surface area contributed by atoms with E-state index in [2.05, 4.69) is 15.7 Å². The number of hydrogen-bond acceptors (Lipinski definition) is 4. The van der Waals surface area contributed by atoms with E-state index >= 15 is 0 Å². The van der Waals surface area contributed by atoms with Gasteiger partial charge in [0.05, 0.1) is 6.20 Å². The van der Waals surface area contributed by atoms with E-state index in [0.29, 0.717) is 17.2 Å². The van der Waals surface area contributed by atoms with Crippen LogP contribution in [0.5, 0.6) is 0 Å². The predicted octanol–water partition coefficient (Wildman–Crippen LogP) is 2.63. The summed E-state index contributed by atoms with van der Waals surface area (Å²) in [6, 6.07) is 7.06. The van der Waals surface area contributed by atoms with Crippen molar-refractivity contribution in [2.24, 2.45) is 7.05 Å². The van der Waals surface area contributed by atoms with Crippen molar-refractivity contribution in [3.05, 3.63) is 57.7 Å². The lowest BCUT2D eigenvalue weighted by Crippen LogP contribution is -2.28. The molecule has 7 heteroatoms. The van der Waals surface area contributed by atoms with Gasteiger partial charge in [-0.1, -0.05) is 0 Å². The number of anilines is 1. The van der Waals surface area contributed by atoms with Crippen molar-refractivity contribution in [2.75, 3.05) is 5.32 Å². The summed E-state index contributed by atoms with van der Waals surface area (Å²) < 4.78 is 7.06. The molecular formula is C17H18N4O2S. The number of hydrogen-bond donors (Lipinski definition) is 2. The summed E-state index contributed by atoms with van der Waals surface area (Å²) in [7, 11) is 1.90. The number of nitrogens with one attached hydrogen (secondary N) is 2. The molecule has 0 aliphatic heterocycles. The maximum Gasteiger partial charge on any atom is 0.336 e. The molecule has 0 unspecified atom stereocenters. The lowest BCUT2D eigenvalue weighted by Gasteiger charge is -2.11. The monoisotopic (exact) mass is 342 g/mol. The fraction of sp³-hybridized carbons (Fsp3) is 0.235. The third-order valence-corrected chi connectivity index (χ3v) is 4.23. The van der Waals surface area contributed by atoms with Crippen molar-refractivity contribution < 1.29 is 4.42 Å². The van der Waals surface area contributed by atoms with E-state index < -0.39 is 0 Å². The summed E-state index contributed by atoms with van der Waals surface area (Å²) in [5, 5.41) is 11.8. The Labute approximate surface area is 144 Å². The first kappa shape index (κ1) is 16.2. The predicted molar refractivity (Wildman–Crippen MR) is 98.2 cm³/mol. The smallest absolute Gasteiger partial charge is 0.336 e. The van der Waals surface area contributed by atoms with E-state index in [0.717, 1.165) is 27.9 Å². The van der Waals surface area contributed by atoms with E-state index in [4.69, 9.17) is 16.6 Å². The molecule has 3 rings (SSSR count). The summed E-state index contributed by atoms with van der Waals surface area (Å²) in [5.41, 5.74) is 4.01. The Morgan fingerprint density at radius 2 is 2.12 bits per heavy atom. The van der Waals surface area contributed by atoms with Crippen molar-refractivity contribution in [3.63, 3.8) is 0 Å². The van der Waals surface area contributed by atoms with Crippen LogP contribution in [0.15, 0.2) is 39.7 Å². The van der Waals surface area contributed by atoms with Gasteiger partial charge < -0.3 is 15.1 Å². The topological polar surface area (TPSA) is 72.1 Å². The van der Waals surface area contributed by atoms with Crippen LogP contribution in [0.3, 0.4) is 0 Å². The van der Waals surface area contributed by atoms with Crippen LogP contribution >= 0.6 is 12.2 Å². The maximum absolute atomic E-state index is 11.5. The van der Waals surface area contributed by atoms with Gasteiger partial charge in [-0.15, -0.1) is 0 Å². The highest BCUT2D eigenvalue weighted by atomic mass is 32.1. The van der Waals surface area contributed by atoms with Gasteiger partial charge in [-0.25, -0.2) is 4.79 Å². The van der Waals surface area contributed by atoms with Crippen molar-refractivity contribution in [2.45, 2.75) is 20.4 Å². The molecule has 2 N–H and O–H groups in total. The quantitative estimate of drug-likeness (QED) is 0.563. The van der Waals surface area contributed by atoms with Crippen LogP contribution in [0.25, 0.3) is 11.0 Å². The van der Waals surface area contributed by atoms with Gasteiger partial charge in [-0.3, -0.25) is 4.68 Å². The SMILES string of the molecule is Cc1cc(=O)oc2cc(NC(=S)NCc3cnn(C)c3C)ccc12. The van der Waals surface area contributed by atoms with Crippen LogP contribution in [0.4, 0.5) is 5.69 Å². The molecule has 0 spiro atoms. The van der Waals surface area contributed by atoms with Gasteiger partial charge in [0.15, 0.2) is 5.11 Å². The molecule has 3 aromatic rings. The van der Waals surface area contributed by atoms with E-state index in [-0.39, 0.29) is 5.63 Å². The first-order valence-corrected chi connectivity index (χ1v) is 7.91. The molecule has 6 nitrogen and oxygen atoms in total. The molecule has 0 aliphatic carbocycles. The zero-order valence-electron chi connectivity index (χ0n) is 13.7. The number of benzene rings is 1. The number of rotatable bonds is 3. The largest absolute Gasteiger partial charge is 0.423 e. The summed E-state index contributed by atoms with van der Waals surface area (Å²) in [6.07, 6.45) is 1.82. The molecule has 124 valence electrons. The molecule has 0 saturated carbocycles. The Morgan fingerprint density at radius 3 is 2.83 bits per heavy atom. The fourth-order valence-corrected chi connectivity index (χ4v) is 2.66. The highest BCUT2D eigenvalue weighted by Gasteiger charge is 2.06. The average molecular weight is 342 g/mol. The van der Waals surface area contributed by atoms with Crippen molar-refractivity contribution >= 4 is 34.0 Å². The second kappa shape index (κ2) is 6.45. The normalized spacial score (nSPS) is 10.8. The minimum absolute atomic E-state index is 0.357. The lowest BCUT2D eigenvalue weighted by atomic mass is 10.1.